The van der Waals surface area contributed by atoms with Crippen molar-refractivity contribution >= 4 is 27.5 Å². The van der Waals surface area contributed by atoms with E-state index in [-0.39, 0.29) is 17.1 Å². The molecule has 0 spiro atoms. The summed E-state index contributed by atoms with van der Waals surface area (Å²) in [6, 6.07) is 6.10. The molecule has 1 aromatic carbocycles. The first-order valence-electron chi connectivity index (χ1n) is 5.70. The van der Waals surface area contributed by atoms with Crippen LogP contribution < -0.4 is 0 Å². The van der Waals surface area contributed by atoms with Crippen LogP contribution in [0.3, 0.4) is 0 Å². The highest BCUT2D eigenvalue weighted by atomic mass is 32.2. The molecule has 0 bridgehead atoms. The van der Waals surface area contributed by atoms with Crippen LogP contribution in [0, 0.1) is 21.4 Å². The quantitative estimate of drug-likeness (QED) is 0.614. The van der Waals surface area contributed by atoms with Gasteiger partial charge in [0, 0.05) is 30.2 Å². The Hall–Kier alpha value is -1.63. The van der Waals surface area contributed by atoms with Gasteiger partial charge in [0.05, 0.1) is 15.9 Å². The first kappa shape index (κ1) is 14.8. The number of benzene rings is 1. The lowest BCUT2D eigenvalue weighted by Gasteiger charge is -2.29. The Morgan fingerprint density at radius 1 is 1.50 bits per heavy atom. The fourth-order valence-corrected chi connectivity index (χ4v) is 4.63. The number of nitrogens with zero attached hydrogens (tertiary/aromatic N) is 3. The predicted octanol–water partition coefficient (Wildman–Crippen LogP) is 1.22. The van der Waals surface area contributed by atoms with Crippen LogP contribution in [0.1, 0.15) is 0 Å². The van der Waals surface area contributed by atoms with Gasteiger partial charge in [0.15, 0.2) is 0 Å². The molecule has 106 valence electrons. The van der Waals surface area contributed by atoms with Gasteiger partial charge in [-0.1, -0.05) is 6.07 Å². The topological polar surface area (TPSA) is 104 Å². The summed E-state index contributed by atoms with van der Waals surface area (Å²) >= 11 is 1.51. The lowest BCUT2D eigenvalue weighted by Crippen LogP contribution is -2.45. The number of sulfonamides is 1. The van der Waals surface area contributed by atoms with Gasteiger partial charge in [-0.2, -0.15) is 21.3 Å². The Morgan fingerprint density at radius 2 is 2.25 bits per heavy atom. The Labute approximate surface area is 120 Å². The van der Waals surface area contributed by atoms with Gasteiger partial charge in [0.1, 0.15) is 6.04 Å². The van der Waals surface area contributed by atoms with Crippen LogP contribution in [0.25, 0.3) is 0 Å². The lowest BCUT2D eigenvalue weighted by molar-refractivity contribution is -0.385. The second-order valence-corrected chi connectivity index (χ2v) is 7.13. The molecule has 1 fully saturated rings. The molecule has 0 amide bonds. The Morgan fingerprint density at radius 3 is 2.90 bits per heavy atom. The number of non-ortho nitro benzene ring substituents is 1. The van der Waals surface area contributed by atoms with E-state index in [4.69, 9.17) is 5.26 Å². The zero-order valence-electron chi connectivity index (χ0n) is 10.3. The van der Waals surface area contributed by atoms with Crippen molar-refractivity contribution in [2.24, 2.45) is 0 Å². The second-order valence-electron chi connectivity index (χ2n) is 4.09. The highest BCUT2D eigenvalue weighted by molar-refractivity contribution is 7.99. The van der Waals surface area contributed by atoms with E-state index in [2.05, 4.69) is 0 Å². The SMILES string of the molecule is N#CC1CSCCN1S(=O)(=O)c1cccc([N+](=O)[O-])c1. The average Bonchev–Trinajstić information content (AvgIpc) is 2.47. The van der Waals surface area contributed by atoms with Crippen molar-refractivity contribution in [3.8, 4) is 6.07 Å². The zero-order chi connectivity index (χ0) is 14.8. The molecule has 0 radical (unpaired) electrons. The Bertz CT molecular complexity index is 668. The second kappa shape index (κ2) is 5.78. The van der Waals surface area contributed by atoms with E-state index in [1.807, 2.05) is 6.07 Å². The number of thioether (sulfide) groups is 1. The van der Waals surface area contributed by atoms with Crippen LogP contribution >= 0.6 is 11.8 Å². The number of hydrogen-bond acceptors (Lipinski definition) is 6. The first-order chi connectivity index (χ1) is 9.46. The third kappa shape index (κ3) is 2.77. The summed E-state index contributed by atoms with van der Waals surface area (Å²) in [7, 11) is -3.89. The Kier molecular flexibility index (Phi) is 4.27. The smallest absolute Gasteiger partial charge is 0.258 e. The molecule has 1 saturated heterocycles. The summed E-state index contributed by atoms with van der Waals surface area (Å²) in [6.45, 7) is 0.230. The van der Waals surface area contributed by atoms with Crippen molar-refractivity contribution < 1.29 is 13.3 Å². The summed E-state index contributed by atoms with van der Waals surface area (Å²) in [5.41, 5.74) is -0.286. The third-order valence-corrected chi connectivity index (χ3v) is 5.79. The van der Waals surface area contributed by atoms with Crippen molar-refractivity contribution in [2.75, 3.05) is 18.1 Å². The molecular formula is C11H11N3O4S2. The van der Waals surface area contributed by atoms with Crippen LogP contribution in [-0.4, -0.2) is 41.7 Å². The minimum atomic E-state index is -3.89. The molecule has 0 aliphatic carbocycles. The highest BCUT2D eigenvalue weighted by Gasteiger charge is 2.34. The summed E-state index contributed by atoms with van der Waals surface area (Å²) in [5, 5.41) is 19.8. The molecule has 1 unspecified atom stereocenters. The summed E-state index contributed by atoms with van der Waals surface area (Å²) in [6.07, 6.45) is 0. The monoisotopic (exact) mass is 313 g/mol. The van der Waals surface area contributed by atoms with Gasteiger partial charge in [0.2, 0.25) is 10.0 Å². The van der Waals surface area contributed by atoms with E-state index < -0.39 is 21.0 Å². The van der Waals surface area contributed by atoms with Gasteiger partial charge in [0.25, 0.3) is 5.69 Å². The summed E-state index contributed by atoms with van der Waals surface area (Å²) in [5.74, 6) is 1.01. The zero-order valence-corrected chi connectivity index (χ0v) is 11.9. The molecule has 2 rings (SSSR count). The molecule has 1 heterocycles. The van der Waals surface area contributed by atoms with Crippen molar-refractivity contribution in [1.29, 1.82) is 5.26 Å². The van der Waals surface area contributed by atoms with E-state index in [0.717, 1.165) is 10.4 Å². The van der Waals surface area contributed by atoms with E-state index in [0.29, 0.717) is 11.5 Å². The maximum atomic E-state index is 12.5. The molecule has 20 heavy (non-hydrogen) atoms. The number of rotatable bonds is 3. The molecule has 7 nitrogen and oxygen atoms in total. The molecule has 0 aromatic heterocycles. The molecular weight excluding hydrogens is 302 g/mol. The molecule has 1 aliphatic heterocycles. The first-order valence-corrected chi connectivity index (χ1v) is 8.30. The van der Waals surface area contributed by atoms with Crippen LogP contribution in [0.15, 0.2) is 29.2 Å². The van der Waals surface area contributed by atoms with Crippen molar-refractivity contribution in [3.63, 3.8) is 0 Å². The third-order valence-electron chi connectivity index (χ3n) is 2.86. The molecule has 9 heteroatoms. The highest BCUT2D eigenvalue weighted by Crippen LogP contribution is 2.26. The molecule has 0 N–H and O–H groups in total. The largest absolute Gasteiger partial charge is 0.270 e. The van der Waals surface area contributed by atoms with Gasteiger partial charge >= 0.3 is 0 Å². The minimum absolute atomic E-state index is 0.154. The van der Waals surface area contributed by atoms with Gasteiger partial charge in [-0.05, 0) is 6.07 Å². The van der Waals surface area contributed by atoms with Gasteiger partial charge in [-0.25, -0.2) is 8.42 Å². The van der Waals surface area contributed by atoms with Crippen LogP contribution in [0.2, 0.25) is 0 Å². The number of nitriles is 1. The van der Waals surface area contributed by atoms with E-state index in [1.165, 1.54) is 30.0 Å². The standard InChI is InChI=1S/C11H11N3O4S2/c12-7-10-8-19-5-4-13(10)20(17,18)11-3-1-2-9(6-11)14(15)16/h1-3,6,10H,4-5,8H2. The van der Waals surface area contributed by atoms with Crippen LogP contribution in [0.5, 0.6) is 0 Å². The normalized spacial score (nSPS) is 20.2. The number of hydrogen-bond donors (Lipinski definition) is 0. The van der Waals surface area contributed by atoms with Gasteiger partial charge in [-0.3, -0.25) is 10.1 Å². The van der Waals surface area contributed by atoms with Gasteiger partial charge < -0.3 is 0 Å². The van der Waals surface area contributed by atoms with E-state index in [9.17, 15) is 18.5 Å². The maximum absolute atomic E-state index is 12.5. The molecule has 1 aromatic rings. The van der Waals surface area contributed by atoms with Crippen LogP contribution in [0.4, 0.5) is 5.69 Å². The predicted molar refractivity (Wildman–Crippen MR) is 73.7 cm³/mol. The molecule has 1 atom stereocenters. The summed E-state index contributed by atoms with van der Waals surface area (Å²) in [4.78, 5) is 9.92. The fraction of sp³-hybridized carbons (Fsp3) is 0.364. The molecule has 1 aliphatic rings. The number of nitro groups is 1. The van der Waals surface area contributed by atoms with Crippen molar-refractivity contribution in [1.82, 2.24) is 4.31 Å². The summed E-state index contributed by atoms with van der Waals surface area (Å²) < 4.78 is 26.1. The fourth-order valence-electron chi connectivity index (χ4n) is 1.87. The Balaban J connectivity index is 2.42. The lowest BCUT2D eigenvalue weighted by atomic mass is 10.3. The molecule has 0 saturated carbocycles. The average molecular weight is 313 g/mol. The van der Waals surface area contributed by atoms with E-state index >= 15 is 0 Å². The maximum Gasteiger partial charge on any atom is 0.270 e. The van der Waals surface area contributed by atoms with Crippen LogP contribution in [-0.2, 0) is 10.0 Å². The minimum Gasteiger partial charge on any atom is -0.258 e. The van der Waals surface area contributed by atoms with E-state index in [1.54, 1.807) is 0 Å². The van der Waals surface area contributed by atoms with Crippen molar-refractivity contribution in [2.45, 2.75) is 10.9 Å². The number of nitro benzene ring substituents is 1. The van der Waals surface area contributed by atoms with Gasteiger partial charge in [-0.15, -0.1) is 0 Å². The van der Waals surface area contributed by atoms with Crippen molar-refractivity contribution in [3.05, 3.63) is 34.4 Å².